The molecule has 1 N–H and O–H groups in total. The first kappa shape index (κ1) is 26.2. The van der Waals surface area contributed by atoms with Gasteiger partial charge in [-0.15, -0.1) is 0 Å². The number of benzene rings is 2. The maximum absolute atomic E-state index is 11.5. The van der Waals surface area contributed by atoms with Crippen LogP contribution in [0.4, 0.5) is 0 Å². The number of carbonyl (C=O) groups is 1. The van der Waals surface area contributed by atoms with Crippen molar-refractivity contribution < 1.29 is 19.4 Å². The number of carboxylic acid groups (broad SMARTS) is 1. The van der Waals surface area contributed by atoms with Crippen molar-refractivity contribution in [2.45, 2.75) is 45.4 Å². The molecule has 40 heavy (non-hydrogen) atoms. The van der Waals surface area contributed by atoms with Gasteiger partial charge in [-0.1, -0.05) is 36.4 Å². The number of aromatic nitrogens is 3. The van der Waals surface area contributed by atoms with Crippen molar-refractivity contribution in [2.75, 3.05) is 19.8 Å². The lowest BCUT2D eigenvalue weighted by Crippen LogP contribution is -2.43. The summed E-state index contributed by atoms with van der Waals surface area (Å²) in [4.78, 5) is 23.2. The first-order chi connectivity index (χ1) is 19.5. The summed E-state index contributed by atoms with van der Waals surface area (Å²) in [5.74, 6) is 0.266. The number of hydrogen-bond acceptors (Lipinski definition) is 6. The van der Waals surface area contributed by atoms with Crippen LogP contribution in [-0.2, 0) is 31.4 Å². The molecule has 4 heterocycles. The zero-order valence-corrected chi connectivity index (χ0v) is 23.0. The first-order valence-electron chi connectivity index (χ1n) is 13.9. The normalized spacial score (nSPS) is 17.4. The Morgan fingerprint density at radius 3 is 2.77 bits per heavy atom. The Morgan fingerprint density at radius 2 is 1.98 bits per heavy atom. The number of nitrogens with zero attached hydrogens (tertiary/aromatic N) is 4. The fourth-order valence-corrected chi connectivity index (χ4v) is 5.80. The zero-order chi connectivity index (χ0) is 27.6. The fourth-order valence-electron chi connectivity index (χ4n) is 5.80. The van der Waals surface area contributed by atoms with Crippen LogP contribution in [0.5, 0.6) is 5.75 Å². The van der Waals surface area contributed by atoms with Gasteiger partial charge in [0.2, 0.25) is 0 Å². The molecule has 8 heteroatoms. The van der Waals surface area contributed by atoms with Crippen molar-refractivity contribution in [3.8, 4) is 28.5 Å². The predicted molar refractivity (Wildman–Crippen MR) is 152 cm³/mol. The Kier molecular flexibility index (Phi) is 7.36. The number of rotatable bonds is 7. The van der Waals surface area contributed by atoms with Crippen molar-refractivity contribution in [2.24, 2.45) is 7.05 Å². The molecule has 1 unspecified atom stereocenters. The Labute approximate surface area is 234 Å². The third-order valence-corrected chi connectivity index (χ3v) is 8.02. The van der Waals surface area contributed by atoms with Gasteiger partial charge in [-0.25, -0.2) is 14.8 Å². The number of imidazole rings is 1. The molecule has 1 atom stereocenters. The standard InChI is InChI=1S/C32H34N4O4/c1-21-6-3-8-26(27-9-4-10-28(34-27)31-33-17-29(32(37)38)35(31)2)30(21)40-19-22-11-12-24-18-36(14-13-23(24)16-22)25-7-5-15-39-20-25/h3-4,6,8-12,16-17,25H,5,7,13-15,18-20H2,1-2H3,(H,37,38). The number of aromatic carboxylic acids is 1. The van der Waals surface area contributed by atoms with Crippen molar-refractivity contribution in [3.05, 3.63) is 88.7 Å². The van der Waals surface area contributed by atoms with Gasteiger partial charge in [-0.3, -0.25) is 4.90 Å². The summed E-state index contributed by atoms with van der Waals surface area (Å²) in [6, 6.07) is 19.0. The highest BCUT2D eigenvalue weighted by Crippen LogP contribution is 2.34. The second kappa shape index (κ2) is 11.2. The average molecular weight is 539 g/mol. The summed E-state index contributed by atoms with van der Waals surface area (Å²) in [6.07, 6.45) is 4.78. The topological polar surface area (TPSA) is 89.7 Å². The van der Waals surface area contributed by atoms with E-state index in [4.69, 9.17) is 14.5 Å². The van der Waals surface area contributed by atoms with Crippen molar-refractivity contribution >= 4 is 5.97 Å². The van der Waals surface area contributed by atoms with E-state index in [0.717, 1.165) is 67.3 Å². The monoisotopic (exact) mass is 538 g/mol. The van der Waals surface area contributed by atoms with Crippen LogP contribution in [0, 0.1) is 6.92 Å². The van der Waals surface area contributed by atoms with E-state index in [1.54, 1.807) is 11.6 Å². The van der Waals surface area contributed by atoms with Gasteiger partial charge in [0.05, 0.1) is 18.5 Å². The Balaban J connectivity index is 1.21. The van der Waals surface area contributed by atoms with E-state index in [9.17, 15) is 9.90 Å². The van der Waals surface area contributed by atoms with Gasteiger partial charge >= 0.3 is 5.97 Å². The van der Waals surface area contributed by atoms with Crippen LogP contribution in [0.25, 0.3) is 22.8 Å². The van der Waals surface area contributed by atoms with Gasteiger partial charge in [-0.2, -0.15) is 0 Å². The molecular formula is C32H34N4O4. The van der Waals surface area contributed by atoms with Gasteiger partial charge < -0.3 is 19.1 Å². The Hall–Kier alpha value is -4.01. The second-order valence-corrected chi connectivity index (χ2v) is 10.7. The minimum absolute atomic E-state index is 0.113. The van der Waals surface area contributed by atoms with Crippen LogP contribution in [-0.4, -0.2) is 56.3 Å². The van der Waals surface area contributed by atoms with Gasteiger partial charge in [-0.05, 0) is 66.6 Å². The quantitative estimate of drug-likeness (QED) is 0.343. The number of ether oxygens (including phenoxy) is 2. The number of pyridine rings is 1. The summed E-state index contributed by atoms with van der Waals surface area (Å²) in [5.41, 5.74) is 7.33. The summed E-state index contributed by atoms with van der Waals surface area (Å²) >= 11 is 0. The van der Waals surface area contributed by atoms with Crippen molar-refractivity contribution in [1.29, 1.82) is 0 Å². The molecule has 1 saturated heterocycles. The highest BCUT2D eigenvalue weighted by molar-refractivity contribution is 5.86. The molecular weight excluding hydrogens is 504 g/mol. The molecule has 0 amide bonds. The molecule has 4 aromatic rings. The van der Waals surface area contributed by atoms with Gasteiger partial charge in [0.25, 0.3) is 0 Å². The van der Waals surface area contributed by atoms with Crippen LogP contribution in [0.1, 0.15) is 45.6 Å². The SMILES string of the molecule is Cc1cccc(-c2cccc(-c3ncc(C(=O)O)n3C)n2)c1OCc1ccc2c(c1)CCN(C1CCCOC1)C2. The summed E-state index contributed by atoms with van der Waals surface area (Å²) in [6.45, 7) is 6.30. The second-order valence-electron chi connectivity index (χ2n) is 10.7. The lowest BCUT2D eigenvalue weighted by molar-refractivity contribution is 0.0125. The van der Waals surface area contributed by atoms with Crippen LogP contribution in [0.3, 0.4) is 0 Å². The van der Waals surface area contributed by atoms with Crippen LogP contribution >= 0.6 is 0 Å². The maximum atomic E-state index is 11.5. The molecule has 0 aliphatic carbocycles. The molecule has 206 valence electrons. The minimum Gasteiger partial charge on any atom is -0.488 e. The lowest BCUT2D eigenvalue weighted by atomic mass is 9.95. The Morgan fingerprint density at radius 1 is 1.12 bits per heavy atom. The predicted octanol–water partition coefficient (Wildman–Crippen LogP) is 5.27. The van der Waals surface area contributed by atoms with Crippen LogP contribution < -0.4 is 4.74 Å². The molecule has 0 radical (unpaired) electrons. The average Bonchev–Trinajstić information content (AvgIpc) is 3.38. The van der Waals surface area contributed by atoms with Gasteiger partial charge in [0.1, 0.15) is 23.7 Å². The number of carboxylic acids is 1. The van der Waals surface area contributed by atoms with E-state index in [2.05, 4.69) is 28.1 Å². The Bertz CT molecular complexity index is 1540. The molecule has 2 aliphatic rings. The smallest absolute Gasteiger partial charge is 0.354 e. The fraction of sp³-hybridized carbons (Fsp3) is 0.344. The first-order valence-corrected chi connectivity index (χ1v) is 13.9. The van der Waals surface area contributed by atoms with Crippen molar-refractivity contribution in [1.82, 2.24) is 19.4 Å². The van der Waals surface area contributed by atoms with E-state index >= 15 is 0 Å². The summed E-state index contributed by atoms with van der Waals surface area (Å²) < 4.78 is 13.7. The van der Waals surface area contributed by atoms with Crippen LogP contribution in [0.15, 0.2) is 60.8 Å². The number of para-hydroxylation sites is 1. The van der Waals surface area contributed by atoms with Gasteiger partial charge in [0.15, 0.2) is 5.82 Å². The number of aryl methyl sites for hydroxylation is 1. The highest BCUT2D eigenvalue weighted by atomic mass is 16.5. The molecule has 8 nitrogen and oxygen atoms in total. The lowest BCUT2D eigenvalue weighted by Gasteiger charge is -2.37. The third kappa shape index (κ3) is 5.24. The van der Waals surface area contributed by atoms with Crippen molar-refractivity contribution in [3.63, 3.8) is 0 Å². The van der Waals surface area contributed by atoms with E-state index in [1.807, 2.05) is 43.3 Å². The molecule has 1 fully saturated rings. The molecule has 6 rings (SSSR count). The zero-order valence-electron chi connectivity index (χ0n) is 23.0. The van der Waals surface area contributed by atoms with Gasteiger partial charge in [0, 0.05) is 38.3 Å². The molecule has 0 saturated carbocycles. The van der Waals surface area contributed by atoms with E-state index < -0.39 is 5.97 Å². The molecule has 2 aliphatic heterocycles. The largest absolute Gasteiger partial charge is 0.488 e. The maximum Gasteiger partial charge on any atom is 0.354 e. The molecule has 2 aromatic carbocycles. The molecule has 0 bridgehead atoms. The number of fused-ring (bicyclic) bond motifs is 1. The summed E-state index contributed by atoms with van der Waals surface area (Å²) in [5, 5.41) is 9.41. The minimum atomic E-state index is -1.02. The highest BCUT2D eigenvalue weighted by Gasteiger charge is 2.25. The third-order valence-electron chi connectivity index (χ3n) is 8.02. The molecule has 2 aromatic heterocycles. The van der Waals surface area contributed by atoms with E-state index in [1.165, 1.54) is 23.7 Å². The van der Waals surface area contributed by atoms with E-state index in [-0.39, 0.29) is 5.69 Å². The van der Waals surface area contributed by atoms with E-state index in [0.29, 0.717) is 24.2 Å². The molecule has 0 spiro atoms. The summed E-state index contributed by atoms with van der Waals surface area (Å²) in [7, 11) is 1.68. The van der Waals surface area contributed by atoms with Crippen LogP contribution in [0.2, 0.25) is 0 Å². The number of hydrogen-bond donors (Lipinski definition) is 1.